The second kappa shape index (κ2) is 5.00. The zero-order valence-electron chi connectivity index (χ0n) is 9.72. The standard InChI is InChI=1S/C13H12ClNO2S/c1-10-5-2-3-8-13(10)18(16,17)15-12-7-4-6-11(14)9-12/h2-9,15H,1H3. The van der Waals surface area contributed by atoms with E-state index in [9.17, 15) is 8.42 Å². The zero-order chi connectivity index (χ0) is 13.2. The van der Waals surface area contributed by atoms with Crippen LogP contribution in [-0.4, -0.2) is 8.42 Å². The van der Waals surface area contributed by atoms with Crippen LogP contribution in [-0.2, 0) is 10.0 Å². The highest BCUT2D eigenvalue weighted by molar-refractivity contribution is 7.92. The maximum Gasteiger partial charge on any atom is 0.262 e. The minimum absolute atomic E-state index is 0.268. The first-order valence-corrected chi connectivity index (χ1v) is 7.19. The Labute approximate surface area is 111 Å². The van der Waals surface area contributed by atoms with Crippen molar-refractivity contribution in [1.82, 2.24) is 0 Å². The maximum atomic E-state index is 12.2. The Morgan fingerprint density at radius 1 is 1.06 bits per heavy atom. The summed E-state index contributed by atoms with van der Waals surface area (Å²) >= 11 is 5.82. The normalized spacial score (nSPS) is 11.2. The molecule has 0 heterocycles. The molecule has 3 nitrogen and oxygen atoms in total. The van der Waals surface area contributed by atoms with Crippen LogP contribution in [0.1, 0.15) is 5.56 Å². The van der Waals surface area contributed by atoms with Crippen molar-refractivity contribution in [3.8, 4) is 0 Å². The van der Waals surface area contributed by atoms with E-state index in [1.807, 2.05) is 0 Å². The molecule has 0 aromatic heterocycles. The molecule has 5 heteroatoms. The van der Waals surface area contributed by atoms with E-state index >= 15 is 0 Å². The summed E-state index contributed by atoms with van der Waals surface area (Å²) in [7, 11) is -3.57. The highest BCUT2D eigenvalue weighted by Crippen LogP contribution is 2.21. The highest BCUT2D eigenvalue weighted by atomic mass is 35.5. The van der Waals surface area contributed by atoms with Crippen LogP contribution >= 0.6 is 11.6 Å². The van der Waals surface area contributed by atoms with Crippen molar-refractivity contribution < 1.29 is 8.42 Å². The van der Waals surface area contributed by atoms with E-state index in [4.69, 9.17) is 11.6 Å². The Morgan fingerprint density at radius 3 is 2.44 bits per heavy atom. The summed E-state index contributed by atoms with van der Waals surface area (Å²) in [5.41, 5.74) is 1.15. The van der Waals surface area contributed by atoms with Crippen LogP contribution in [0.5, 0.6) is 0 Å². The Bertz CT molecular complexity index is 668. The van der Waals surface area contributed by atoms with Gasteiger partial charge in [-0.25, -0.2) is 8.42 Å². The summed E-state index contributed by atoms with van der Waals surface area (Å²) in [5.74, 6) is 0. The molecule has 0 bridgehead atoms. The van der Waals surface area contributed by atoms with Gasteiger partial charge >= 0.3 is 0 Å². The Hall–Kier alpha value is -1.52. The van der Waals surface area contributed by atoms with Crippen molar-refractivity contribution >= 4 is 27.3 Å². The Balaban J connectivity index is 2.37. The molecule has 0 fully saturated rings. The molecule has 0 radical (unpaired) electrons. The maximum absolute atomic E-state index is 12.2. The van der Waals surface area contributed by atoms with Crippen molar-refractivity contribution in [2.75, 3.05) is 4.72 Å². The van der Waals surface area contributed by atoms with Crippen LogP contribution in [0.15, 0.2) is 53.4 Å². The van der Waals surface area contributed by atoms with Crippen molar-refractivity contribution in [3.05, 3.63) is 59.1 Å². The van der Waals surface area contributed by atoms with Gasteiger partial charge in [-0.3, -0.25) is 4.72 Å². The van der Waals surface area contributed by atoms with Gasteiger partial charge in [-0.1, -0.05) is 35.9 Å². The largest absolute Gasteiger partial charge is 0.280 e. The van der Waals surface area contributed by atoms with Crippen LogP contribution in [0.3, 0.4) is 0 Å². The molecule has 0 aliphatic heterocycles. The van der Waals surface area contributed by atoms with E-state index < -0.39 is 10.0 Å². The second-order valence-electron chi connectivity index (χ2n) is 3.88. The summed E-state index contributed by atoms with van der Waals surface area (Å²) in [6, 6.07) is 13.4. The minimum Gasteiger partial charge on any atom is -0.280 e. The number of rotatable bonds is 3. The van der Waals surface area contributed by atoms with E-state index in [1.165, 1.54) is 0 Å². The third-order valence-corrected chi connectivity index (χ3v) is 4.24. The summed E-state index contributed by atoms with van der Waals surface area (Å²) in [5, 5.41) is 0.486. The third kappa shape index (κ3) is 2.83. The van der Waals surface area contributed by atoms with Gasteiger partial charge in [0.25, 0.3) is 10.0 Å². The fourth-order valence-electron chi connectivity index (χ4n) is 1.62. The summed E-state index contributed by atoms with van der Waals surface area (Å²) < 4.78 is 26.9. The number of hydrogen-bond donors (Lipinski definition) is 1. The minimum atomic E-state index is -3.57. The van der Waals surface area contributed by atoms with E-state index in [0.717, 1.165) is 0 Å². The molecule has 94 valence electrons. The molecule has 2 rings (SSSR count). The van der Waals surface area contributed by atoms with Crippen LogP contribution in [0.4, 0.5) is 5.69 Å². The van der Waals surface area contributed by atoms with Crippen molar-refractivity contribution in [2.24, 2.45) is 0 Å². The number of nitrogens with one attached hydrogen (secondary N) is 1. The van der Waals surface area contributed by atoms with E-state index in [0.29, 0.717) is 16.3 Å². The van der Waals surface area contributed by atoms with Crippen LogP contribution in [0.25, 0.3) is 0 Å². The molecule has 0 aliphatic carbocycles. The number of anilines is 1. The smallest absolute Gasteiger partial charge is 0.262 e. The fraction of sp³-hybridized carbons (Fsp3) is 0.0769. The number of aryl methyl sites for hydroxylation is 1. The molecule has 0 atom stereocenters. The number of hydrogen-bond acceptors (Lipinski definition) is 2. The van der Waals surface area contributed by atoms with Gasteiger partial charge < -0.3 is 0 Å². The Kier molecular flexibility index (Phi) is 3.59. The van der Waals surface area contributed by atoms with E-state index in [-0.39, 0.29) is 4.90 Å². The van der Waals surface area contributed by atoms with Gasteiger partial charge in [0.15, 0.2) is 0 Å². The molecule has 2 aromatic rings. The molecule has 0 saturated carbocycles. The molecule has 1 N–H and O–H groups in total. The van der Waals surface area contributed by atoms with Gasteiger partial charge in [-0.2, -0.15) is 0 Å². The first-order chi connectivity index (χ1) is 8.49. The number of benzene rings is 2. The zero-order valence-corrected chi connectivity index (χ0v) is 11.3. The average molecular weight is 282 g/mol. The third-order valence-electron chi connectivity index (χ3n) is 2.46. The monoisotopic (exact) mass is 281 g/mol. The summed E-state index contributed by atoms with van der Waals surface area (Å²) in [6.07, 6.45) is 0. The quantitative estimate of drug-likeness (QED) is 0.937. The molecule has 0 spiro atoms. The first-order valence-electron chi connectivity index (χ1n) is 5.33. The fourth-order valence-corrected chi connectivity index (χ4v) is 3.11. The molecular weight excluding hydrogens is 270 g/mol. The van der Waals surface area contributed by atoms with Gasteiger partial charge in [-0.15, -0.1) is 0 Å². The lowest BCUT2D eigenvalue weighted by Gasteiger charge is -2.10. The first kappa shape index (κ1) is 12.9. The van der Waals surface area contributed by atoms with Gasteiger partial charge in [0.2, 0.25) is 0 Å². The van der Waals surface area contributed by atoms with Crippen molar-refractivity contribution in [1.29, 1.82) is 0 Å². The molecular formula is C13H12ClNO2S. The van der Waals surface area contributed by atoms with Gasteiger partial charge in [0.05, 0.1) is 10.6 Å². The van der Waals surface area contributed by atoms with E-state index in [1.54, 1.807) is 55.5 Å². The molecule has 18 heavy (non-hydrogen) atoms. The molecule has 0 saturated heterocycles. The van der Waals surface area contributed by atoms with Crippen LogP contribution in [0.2, 0.25) is 5.02 Å². The van der Waals surface area contributed by atoms with Crippen LogP contribution < -0.4 is 4.72 Å². The molecule has 2 aromatic carbocycles. The lowest BCUT2D eigenvalue weighted by atomic mass is 10.2. The van der Waals surface area contributed by atoms with Gasteiger partial charge in [-0.05, 0) is 36.8 Å². The topological polar surface area (TPSA) is 46.2 Å². The summed E-state index contributed by atoms with van der Waals surface area (Å²) in [6.45, 7) is 1.76. The van der Waals surface area contributed by atoms with Crippen molar-refractivity contribution in [2.45, 2.75) is 11.8 Å². The summed E-state index contributed by atoms with van der Waals surface area (Å²) in [4.78, 5) is 0.268. The molecule has 0 amide bonds. The second-order valence-corrected chi connectivity index (χ2v) is 5.97. The average Bonchev–Trinajstić information content (AvgIpc) is 2.28. The van der Waals surface area contributed by atoms with E-state index in [2.05, 4.69) is 4.72 Å². The lowest BCUT2D eigenvalue weighted by molar-refractivity contribution is 0.600. The van der Waals surface area contributed by atoms with Gasteiger partial charge in [0, 0.05) is 5.02 Å². The predicted molar refractivity (Wildman–Crippen MR) is 73.4 cm³/mol. The highest BCUT2D eigenvalue weighted by Gasteiger charge is 2.16. The van der Waals surface area contributed by atoms with Crippen LogP contribution in [0, 0.1) is 6.92 Å². The Morgan fingerprint density at radius 2 is 1.78 bits per heavy atom. The lowest BCUT2D eigenvalue weighted by Crippen LogP contribution is -2.14. The van der Waals surface area contributed by atoms with Crippen molar-refractivity contribution in [3.63, 3.8) is 0 Å². The number of halogens is 1. The molecule has 0 aliphatic rings. The molecule has 0 unspecified atom stereocenters. The predicted octanol–water partition coefficient (Wildman–Crippen LogP) is 3.45. The van der Waals surface area contributed by atoms with Gasteiger partial charge in [0.1, 0.15) is 0 Å². The SMILES string of the molecule is Cc1ccccc1S(=O)(=O)Nc1cccc(Cl)c1. The number of sulfonamides is 1.